The number of carbonyl (C=O) groups is 2. The molecule has 2 aliphatic carbocycles. The lowest BCUT2D eigenvalue weighted by Gasteiger charge is -2.26. The maximum atomic E-state index is 12.1. The van der Waals surface area contributed by atoms with Gasteiger partial charge in [0.1, 0.15) is 6.61 Å². The van der Waals surface area contributed by atoms with E-state index in [0.29, 0.717) is 10.8 Å². The molecule has 3 aromatic carbocycles. The highest BCUT2D eigenvalue weighted by molar-refractivity contribution is 7.95. The van der Waals surface area contributed by atoms with Gasteiger partial charge in [-0.05, 0) is 94.5 Å². The number of amides is 2. The van der Waals surface area contributed by atoms with Gasteiger partial charge in [-0.2, -0.15) is 5.06 Å². The number of methoxy groups -OCH3 is 1. The van der Waals surface area contributed by atoms with Gasteiger partial charge >= 0.3 is 6.09 Å². The second kappa shape index (κ2) is 15.4. The Hall–Kier alpha value is -4.81. The van der Waals surface area contributed by atoms with Crippen LogP contribution in [0.15, 0.2) is 96.4 Å². The van der Waals surface area contributed by atoms with Gasteiger partial charge in [-0.1, -0.05) is 72.8 Å². The second-order valence-electron chi connectivity index (χ2n) is 12.1. The lowest BCUT2D eigenvalue weighted by atomic mass is 9.78. The predicted octanol–water partition coefficient (Wildman–Crippen LogP) is 7.37. The van der Waals surface area contributed by atoms with Crippen molar-refractivity contribution in [3.63, 3.8) is 0 Å². The van der Waals surface area contributed by atoms with E-state index < -0.39 is 27.1 Å². The van der Waals surface area contributed by atoms with Gasteiger partial charge < -0.3 is 15.2 Å². The lowest BCUT2D eigenvalue weighted by molar-refractivity contribution is -0.117. The summed E-state index contributed by atoms with van der Waals surface area (Å²) in [6, 6.07) is 24.9. The average Bonchev–Trinajstić information content (AvgIpc) is 3.63. The first-order chi connectivity index (χ1) is 24.1. The summed E-state index contributed by atoms with van der Waals surface area (Å²) in [5.74, 6) is -0.608. The largest absolute Gasteiger partial charge is 0.445 e. The number of aryl methyl sites for hydroxylation is 1. The molecule has 0 saturated carbocycles. The Kier molecular flexibility index (Phi) is 10.8. The van der Waals surface area contributed by atoms with Gasteiger partial charge in [0.15, 0.2) is 9.84 Å². The topological polar surface area (TPSA) is 136 Å². The molecule has 0 bridgehead atoms. The van der Waals surface area contributed by atoms with E-state index in [1.54, 1.807) is 29.5 Å². The molecule has 258 valence electrons. The summed E-state index contributed by atoms with van der Waals surface area (Å²) < 4.78 is 32.2. The number of primary amides is 1. The number of fused-ring (bicyclic) bond motifs is 5. The fourth-order valence-electron chi connectivity index (χ4n) is 6.43. The molecule has 1 atom stereocenters. The fourth-order valence-corrected chi connectivity index (χ4v) is 8.69. The highest BCUT2D eigenvalue weighted by atomic mass is 32.2. The van der Waals surface area contributed by atoms with Crippen molar-refractivity contribution < 1.29 is 32.7 Å². The molecule has 1 aliphatic heterocycles. The Morgan fingerprint density at radius 1 is 0.900 bits per heavy atom. The number of thiophene rings is 1. The number of allylic oxidation sites excluding steroid dienone is 3. The van der Waals surface area contributed by atoms with E-state index in [1.807, 2.05) is 12.1 Å². The van der Waals surface area contributed by atoms with Gasteiger partial charge in [0.2, 0.25) is 5.91 Å². The molecule has 3 N–H and O–H groups in total. The van der Waals surface area contributed by atoms with Crippen LogP contribution >= 0.6 is 11.3 Å². The number of benzene rings is 3. The molecule has 9 nitrogen and oxygen atoms in total. The van der Waals surface area contributed by atoms with E-state index >= 15 is 0 Å². The van der Waals surface area contributed by atoms with E-state index in [9.17, 15) is 23.2 Å². The van der Waals surface area contributed by atoms with Crippen LogP contribution in [0.4, 0.5) is 10.5 Å². The SMILES string of the molecule is COCCOC(=O)N(O)c1cccc(-c2ccc(C3=Cc4ccc5c(c4CC3)CCc3ccccc3-5)s2)c1.NC(=O)CC1C=CC=CS1(=O)=O. The second-order valence-corrected chi connectivity index (χ2v) is 15.3. The molecule has 7 rings (SSSR count). The normalized spacial score (nSPS) is 16.5. The molecular weight excluding hydrogens is 673 g/mol. The van der Waals surface area contributed by atoms with Crippen molar-refractivity contribution in [1.29, 1.82) is 0 Å². The van der Waals surface area contributed by atoms with Crippen LogP contribution in [-0.2, 0) is 43.4 Å². The zero-order chi connectivity index (χ0) is 35.3. The van der Waals surface area contributed by atoms with Crippen LogP contribution < -0.4 is 10.8 Å². The van der Waals surface area contributed by atoms with Gasteiger partial charge in [0.25, 0.3) is 0 Å². The molecule has 1 aromatic heterocycles. The summed E-state index contributed by atoms with van der Waals surface area (Å²) >= 11 is 1.73. The highest BCUT2D eigenvalue weighted by Gasteiger charge is 2.24. The maximum absolute atomic E-state index is 12.1. The number of hydrogen-bond donors (Lipinski definition) is 2. The Balaban J connectivity index is 0.000000306. The average molecular weight is 711 g/mol. The first kappa shape index (κ1) is 35.0. The smallest absolute Gasteiger partial charge is 0.438 e. The van der Waals surface area contributed by atoms with Crippen LogP contribution in [0.1, 0.15) is 40.0 Å². The summed E-state index contributed by atoms with van der Waals surface area (Å²) in [5.41, 5.74) is 16.1. The third-order valence-electron chi connectivity index (χ3n) is 8.91. The van der Waals surface area contributed by atoms with E-state index in [4.69, 9.17) is 15.2 Å². The zero-order valence-electron chi connectivity index (χ0n) is 27.6. The van der Waals surface area contributed by atoms with Gasteiger partial charge in [-0.25, -0.2) is 13.2 Å². The van der Waals surface area contributed by atoms with Gasteiger partial charge in [0.05, 0.1) is 17.5 Å². The minimum atomic E-state index is -3.29. The Morgan fingerprint density at radius 2 is 1.70 bits per heavy atom. The molecule has 0 saturated heterocycles. The van der Waals surface area contributed by atoms with Crippen LogP contribution in [0, 0.1) is 0 Å². The number of rotatable bonds is 8. The van der Waals surface area contributed by atoms with Crippen LogP contribution in [0.25, 0.3) is 33.2 Å². The van der Waals surface area contributed by atoms with Gasteiger partial charge in [-0.15, -0.1) is 11.3 Å². The fraction of sp³-hybridized carbons (Fsp3) is 0.231. The van der Waals surface area contributed by atoms with Gasteiger partial charge in [-0.3, -0.25) is 10.0 Å². The standard InChI is InChI=1S/C32H29NO4S.C7H9NO3S/c1-36-17-18-37-32(34)33(35)25-7-4-6-23(20-25)30-15-16-31(38-30)24-11-12-27-22(19-24)10-14-28-26-8-3-2-5-21(26)9-13-29(27)28;8-7(9)5-6-3-1-2-4-12(6,10)11/h2-8,10,14-16,19-20,35H,9,11-13,17-18H2,1H3;1-4,6H,5H2,(H2,8,9). The number of carbonyl (C=O) groups excluding carboxylic acids is 2. The molecule has 2 heterocycles. The first-order valence-electron chi connectivity index (χ1n) is 16.3. The molecule has 1 unspecified atom stereocenters. The van der Waals surface area contributed by atoms with Crippen molar-refractivity contribution in [2.24, 2.45) is 5.73 Å². The lowest BCUT2D eigenvalue weighted by Crippen LogP contribution is -2.28. The van der Waals surface area contributed by atoms with Crippen molar-refractivity contribution in [3.8, 4) is 21.6 Å². The third kappa shape index (κ3) is 7.81. The Bertz CT molecular complexity index is 2110. The Morgan fingerprint density at radius 3 is 2.50 bits per heavy atom. The number of nitrogens with zero attached hydrogens (tertiary/aromatic N) is 1. The van der Waals surface area contributed by atoms with Crippen molar-refractivity contribution in [2.45, 2.75) is 37.4 Å². The molecule has 4 aromatic rings. The summed E-state index contributed by atoms with van der Waals surface area (Å²) in [6.45, 7) is 0.350. The number of anilines is 1. The van der Waals surface area contributed by atoms with Gasteiger partial charge in [0, 0.05) is 28.7 Å². The van der Waals surface area contributed by atoms with E-state index in [1.165, 1.54) is 63.1 Å². The monoisotopic (exact) mass is 710 g/mol. The number of sulfone groups is 1. The molecule has 11 heteroatoms. The van der Waals surface area contributed by atoms with Crippen LogP contribution in [0.3, 0.4) is 0 Å². The highest BCUT2D eigenvalue weighted by Crippen LogP contribution is 2.42. The van der Waals surface area contributed by atoms with Crippen molar-refractivity contribution in [2.75, 3.05) is 25.4 Å². The van der Waals surface area contributed by atoms with E-state index in [2.05, 4.69) is 54.6 Å². The van der Waals surface area contributed by atoms with E-state index in [0.717, 1.165) is 41.5 Å². The number of hydroxylamine groups is 1. The minimum Gasteiger partial charge on any atom is -0.445 e. The molecule has 0 fully saturated rings. The summed E-state index contributed by atoms with van der Waals surface area (Å²) in [6.07, 6.45) is 10.1. The molecular formula is C39H38N2O7S2. The zero-order valence-corrected chi connectivity index (χ0v) is 29.2. The predicted molar refractivity (Wildman–Crippen MR) is 198 cm³/mol. The van der Waals surface area contributed by atoms with Crippen molar-refractivity contribution in [3.05, 3.63) is 124 Å². The Labute approximate surface area is 295 Å². The molecule has 2 amide bonds. The quantitative estimate of drug-likeness (QED) is 0.111. The third-order valence-corrected chi connectivity index (χ3v) is 11.8. The molecule has 0 spiro atoms. The van der Waals surface area contributed by atoms with Crippen molar-refractivity contribution >= 4 is 50.5 Å². The molecule has 0 radical (unpaired) electrons. The summed E-state index contributed by atoms with van der Waals surface area (Å²) in [7, 11) is -1.76. The first-order valence-corrected chi connectivity index (χ1v) is 18.7. The summed E-state index contributed by atoms with van der Waals surface area (Å²) in [4.78, 5) is 24.9. The van der Waals surface area contributed by atoms with Crippen LogP contribution in [0.5, 0.6) is 0 Å². The number of nitrogens with two attached hydrogens (primary N) is 1. The summed E-state index contributed by atoms with van der Waals surface area (Å²) in [5, 5.41) is 11.2. The molecule has 50 heavy (non-hydrogen) atoms. The number of ether oxygens (including phenoxy) is 2. The van der Waals surface area contributed by atoms with E-state index in [-0.39, 0.29) is 19.6 Å². The van der Waals surface area contributed by atoms with Crippen LogP contribution in [-0.4, -0.2) is 51.2 Å². The maximum Gasteiger partial charge on any atom is 0.438 e. The number of hydrogen-bond acceptors (Lipinski definition) is 8. The minimum absolute atomic E-state index is 0.0781. The van der Waals surface area contributed by atoms with Crippen molar-refractivity contribution in [1.82, 2.24) is 0 Å². The van der Waals surface area contributed by atoms with Crippen LogP contribution in [0.2, 0.25) is 0 Å². The molecule has 3 aliphatic rings.